The first-order valence-corrected chi connectivity index (χ1v) is 7.31. The topological polar surface area (TPSA) is 79.0 Å². The lowest BCUT2D eigenvalue weighted by Crippen LogP contribution is -2.56. The van der Waals surface area contributed by atoms with Gasteiger partial charge in [-0.2, -0.15) is 0 Å². The molecule has 118 valence electrons. The highest BCUT2D eigenvalue weighted by atomic mass is 16.5. The molecule has 7 nitrogen and oxygen atoms in total. The molecule has 2 heterocycles. The van der Waals surface area contributed by atoms with Gasteiger partial charge in [0.05, 0.1) is 19.1 Å². The van der Waals surface area contributed by atoms with Gasteiger partial charge in [0.1, 0.15) is 0 Å². The second kappa shape index (κ2) is 6.43. The number of carbonyl (C=O) groups excluding carboxylic acids is 3. The minimum atomic E-state index is -0.687. The molecule has 2 aliphatic heterocycles. The molecule has 0 bridgehead atoms. The van der Waals surface area contributed by atoms with Crippen molar-refractivity contribution >= 4 is 17.8 Å². The number of amides is 2. The predicted octanol–water partition coefficient (Wildman–Crippen LogP) is -0.780. The van der Waals surface area contributed by atoms with E-state index >= 15 is 0 Å². The van der Waals surface area contributed by atoms with Gasteiger partial charge in [-0.25, -0.2) is 0 Å². The molecule has 21 heavy (non-hydrogen) atoms. The second-order valence-electron chi connectivity index (χ2n) is 5.77. The summed E-state index contributed by atoms with van der Waals surface area (Å²) in [6.07, 6.45) is 1.08. The van der Waals surface area contributed by atoms with E-state index in [9.17, 15) is 14.4 Å². The van der Waals surface area contributed by atoms with E-state index in [2.05, 4.69) is 5.32 Å². The van der Waals surface area contributed by atoms with Gasteiger partial charge >= 0.3 is 5.97 Å². The number of hydrogen-bond donors (Lipinski definition) is 1. The van der Waals surface area contributed by atoms with Crippen LogP contribution in [0.1, 0.15) is 19.8 Å². The molecule has 2 saturated heterocycles. The predicted molar refractivity (Wildman–Crippen MR) is 75.4 cm³/mol. The maximum atomic E-state index is 12.3. The van der Waals surface area contributed by atoms with Crippen LogP contribution in [0, 0.1) is 5.41 Å². The van der Waals surface area contributed by atoms with Crippen LogP contribution in [-0.2, 0) is 19.1 Å². The Hall–Kier alpha value is -1.63. The summed E-state index contributed by atoms with van der Waals surface area (Å²) in [6, 6.07) is 0. The summed E-state index contributed by atoms with van der Waals surface area (Å²) in [7, 11) is 1.38. The second-order valence-corrected chi connectivity index (χ2v) is 5.77. The first-order chi connectivity index (χ1) is 9.98. The maximum Gasteiger partial charge on any atom is 0.313 e. The molecule has 2 aliphatic rings. The fraction of sp³-hybridized carbons (Fsp3) is 0.786. The van der Waals surface area contributed by atoms with Crippen LogP contribution in [0.15, 0.2) is 0 Å². The van der Waals surface area contributed by atoms with Gasteiger partial charge in [-0.1, -0.05) is 0 Å². The summed E-state index contributed by atoms with van der Waals surface area (Å²) in [6.45, 7) is 4.64. The molecule has 7 heteroatoms. The van der Waals surface area contributed by atoms with Crippen molar-refractivity contribution in [3.05, 3.63) is 0 Å². The average molecular weight is 297 g/mol. The van der Waals surface area contributed by atoms with E-state index < -0.39 is 5.41 Å². The lowest BCUT2D eigenvalue weighted by atomic mass is 9.77. The lowest BCUT2D eigenvalue weighted by Gasteiger charge is -2.42. The maximum absolute atomic E-state index is 12.3. The molecule has 0 radical (unpaired) electrons. The van der Waals surface area contributed by atoms with Crippen molar-refractivity contribution in [1.29, 1.82) is 0 Å². The lowest BCUT2D eigenvalue weighted by molar-refractivity contribution is -0.160. The molecule has 2 rings (SSSR count). The molecule has 0 saturated carbocycles. The number of piperidine rings is 1. The third kappa shape index (κ3) is 3.34. The van der Waals surface area contributed by atoms with E-state index in [1.165, 1.54) is 14.0 Å². The van der Waals surface area contributed by atoms with Crippen molar-refractivity contribution in [2.75, 3.05) is 46.4 Å². The monoisotopic (exact) mass is 297 g/mol. The Morgan fingerprint density at radius 1 is 1.29 bits per heavy atom. The summed E-state index contributed by atoms with van der Waals surface area (Å²) >= 11 is 0. The van der Waals surface area contributed by atoms with Crippen LogP contribution >= 0.6 is 0 Å². The Kier molecular flexibility index (Phi) is 4.82. The number of rotatable bonds is 3. The van der Waals surface area contributed by atoms with Crippen molar-refractivity contribution in [3.63, 3.8) is 0 Å². The van der Waals surface area contributed by atoms with Gasteiger partial charge in [0.25, 0.3) is 0 Å². The normalized spacial score (nSPS) is 22.1. The SMILES string of the molecule is COC(=O)C1(CN2CCNCC2=O)CCN(C(C)=O)CC1. The Morgan fingerprint density at radius 2 is 1.95 bits per heavy atom. The number of nitrogens with zero attached hydrogens (tertiary/aromatic N) is 2. The number of esters is 1. The number of ether oxygens (including phenoxy) is 1. The van der Waals surface area contributed by atoms with Crippen LogP contribution in [0.2, 0.25) is 0 Å². The molecular formula is C14H23N3O4. The van der Waals surface area contributed by atoms with Crippen LogP contribution < -0.4 is 5.32 Å². The van der Waals surface area contributed by atoms with Gasteiger partial charge in [-0.3, -0.25) is 14.4 Å². The number of methoxy groups -OCH3 is 1. The van der Waals surface area contributed by atoms with Crippen molar-refractivity contribution in [1.82, 2.24) is 15.1 Å². The Labute approximate surface area is 124 Å². The first-order valence-electron chi connectivity index (χ1n) is 7.31. The van der Waals surface area contributed by atoms with Gasteiger partial charge in [0, 0.05) is 39.6 Å². The molecule has 0 unspecified atom stereocenters. The minimum Gasteiger partial charge on any atom is -0.469 e. The standard InChI is InChI=1S/C14H23N3O4/c1-11(18)16-6-3-14(4-7-16,13(20)21-2)10-17-8-5-15-9-12(17)19/h15H,3-10H2,1-2H3. The molecule has 1 N–H and O–H groups in total. The highest BCUT2D eigenvalue weighted by Crippen LogP contribution is 2.34. The van der Waals surface area contributed by atoms with E-state index in [-0.39, 0.29) is 17.8 Å². The third-order valence-electron chi connectivity index (χ3n) is 4.47. The zero-order valence-electron chi connectivity index (χ0n) is 12.7. The Bertz CT molecular complexity index is 430. The van der Waals surface area contributed by atoms with Crippen LogP contribution in [0.25, 0.3) is 0 Å². The van der Waals surface area contributed by atoms with Crippen LogP contribution in [-0.4, -0.2) is 74.0 Å². The summed E-state index contributed by atoms with van der Waals surface area (Å²) in [4.78, 5) is 39.1. The number of hydrogen-bond acceptors (Lipinski definition) is 5. The smallest absolute Gasteiger partial charge is 0.313 e. The molecule has 0 aromatic rings. The van der Waals surface area contributed by atoms with Crippen molar-refractivity contribution in [3.8, 4) is 0 Å². The van der Waals surface area contributed by atoms with Gasteiger partial charge in [0.15, 0.2) is 0 Å². The van der Waals surface area contributed by atoms with Crippen LogP contribution in [0.5, 0.6) is 0 Å². The first kappa shape index (κ1) is 15.8. The van der Waals surface area contributed by atoms with Crippen molar-refractivity contribution in [2.24, 2.45) is 5.41 Å². The van der Waals surface area contributed by atoms with E-state index in [1.54, 1.807) is 9.80 Å². The van der Waals surface area contributed by atoms with Crippen molar-refractivity contribution < 1.29 is 19.1 Å². The number of nitrogens with one attached hydrogen (secondary N) is 1. The summed E-state index contributed by atoms with van der Waals surface area (Å²) in [5.74, 6) is -0.248. The quantitative estimate of drug-likeness (QED) is 0.691. The highest BCUT2D eigenvalue weighted by molar-refractivity contribution is 5.82. The fourth-order valence-corrected chi connectivity index (χ4v) is 3.07. The molecule has 0 aromatic heterocycles. The van der Waals surface area contributed by atoms with Crippen molar-refractivity contribution in [2.45, 2.75) is 19.8 Å². The van der Waals surface area contributed by atoms with Gasteiger partial charge in [0.2, 0.25) is 11.8 Å². The average Bonchev–Trinajstić information content (AvgIpc) is 2.49. The summed E-state index contributed by atoms with van der Waals surface area (Å²) in [5.41, 5.74) is -0.687. The molecule has 0 aliphatic carbocycles. The molecule has 0 atom stereocenters. The molecule has 2 amide bonds. The van der Waals surface area contributed by atoms with Crippen LogP contribution in [0.3, 0.4) is 0 Å². The Morgan fingerprint density at radius 3 is 2.48 bits per heavy atom. The van der Waals surface area contributed by atoms with Gasteiger partial charge in [-0.15, -0.1) is 0 Å². The van der Waals surface area contributed by atoms with Crippen LogP contribution in [0.4, 0.5) is 0 Å². The number of carbonyl (C=O) groups is 3. The zero-order chi connectivity index (χ0) is 15.5. The minimum absolute atomic E-state index is 0.0125. The molecule has 0 spiro atoms. The zero-order valence-corrected chi connectivity index (χ0v) is 12.7. The van der Waals surface area contributed by atoms with E-state index in [4.69, 9.17) is 4.74 Å². The largest absolute Gasteiger partial charge is 0.469 e. The Balaban J connectivity index is 2.09. The van der Waals surface area contributed by atoms with E-state index in [0.717, 1.165) is 6.54 Å². The molecular weight excluding hydrogens is 274 g/mol. The number of likely N-dealkylation sites (tertiary alicyclic amines) is 1. The fourth-order valence-electron chi connectivity index (χ4n) is 3.07. The van der Waals surface area contributed by atoms with E-state index in [0.29, 0.717) is 45.6 Å². The molecule has 2 fully saturated rings. The van der Waals surface area contributed by atoms with Gasteiger partial charge in [-0.05, 0) is 12.8 Å². The number of piperazine rings is 1. The highest BCUT2D eigenvalue weighted by Gasteiger charge is 2.45. The molecule has 0 aromatic carbocycles. The third-order valence-corrected chi connectivity index (χ3v) is 4.47. The van der Waals surface area contributed by atoms with Gasteiger partial charge < -0.3 is 19.9 Å². The summed E-state index contributed by atoms with van der Waals surface area (Å²) < 4.78 is 4.97. The summed E-state index contributed by atoms with van der Waals surface area (Å²) in [5, 5.41) is 3.02. The van der Waals surface area contributed by atoms with E-state index in [1.807, 2.05) is 0 Å².